The highest BCUT2D eigenvalue weighted by Crippen LogP contribution is 2.51. The summed E-state index contributed by atoms with van der Waals surface area (Å²) in [6.45, 7) is 4.75. The van der Waals surface area contributed by atoms with E-state index in [0.29, 0.717) is 0 Å². The molecule has 0 radical (unpaired) electrons. The first-order valence-electron chi connectivity index (χ1n) is 24.8. The maximum atomic E-state index is 2.52. The lowest BCUT2D eigenvalue weighted by atomic mass is 9.82. The summed E-state index contributed by atoms with van der Waals surface area (Å²) in [7, 11) is -2.72. The minimum absolute atomic E-state index is 0.167. The number of anilines is 3. The average Bonchev–Trinajstić information content (AvgIpc) is 3.87. The normalized spacial score (nSPS) is 13.4. The van der Waals surface area contributed by atoms with Crippen molar-refractivity contribution >= 4 is 45.9 Å². The molecule has 0 saturated heterocycles. The van der Waals surface area contributed by atoms with E-state index in [1.807, 2.05) is 0 Å². The molecule has 0 aromatic heterocycles. The molecule has 0 atom stereocenters. The van der Waals surface area contributed by atoms with E-state index in [1.165, 1.54) is 98.6 Å². The Morgan fingerprint density at radius 2 is 0.732 bits per heavy atom. The summed E-state index contributed by atoms with van der Waals surface area (Å²) in [5.41, 5.74) is 20.7. The van der Waals surface area contributed by atoms with E-state index >= 15 is 0 Å². The van der Waals surface area contributed by atoms with Crippen molar-refractivity contribution in [1.82, 2.24) is 0 Å². The van der Waals surface area contributed by atoms with Gasteiger partial charge in [0.15, 0.2) is 8.07 Å². The molecule has 2 heteroatoms. The second-order valence-electron chi connectivity index (χ2n) is 19.6. The van der Waals surface area contributed by atoms with Crippen molar-refractivity contribution in [1.29, 1.82) is 0 Å². The van der Waals surface area contributed by atoms with E-state index in [2.05, 4.69) is 292 Å². The molecular weight excluding hydrogens is 871 g/mol. The third-order valence-corrected chi connectivity index (χ3v) is 20.2. The minimum atomic E-state index is -2.72. The summed E-state index contributed by atoms with van der Waals surface area (Å²) < 4.78 is 0. The Labute approximate surface area is 418 Å². The van der Waals surface area contributed by atoms with Crippen LogP contribution in [-0.4, -0.2) is 8.07 Å². The van der Waals surface area contributed by atoms with Crippen LogP contribution in [-0.2, 0) is 5.41 Å². The Balaban J connectivity index is 1.04. The van der Waals surface area contributed by atoms with Crippen LogP contribution in [0.15, 0.2) is 273 Å². The molecule has 0 saturated carbocycles. The van der Waals surface area contributed by atoms with E-state index in [1.54, 1.807) is 0 Å². The fraction of sp³-hybridized carbons (Fsp3) is 0.0435. The first-order chi connectivity index (χ1) is 35.0. The molecule has 1 heterocycles. The Hall–Kier alpha value is -8.56. The van der Waals surface area contributed by atoms with Gasteiger partial charge < -0.3 is 4.90 Å². The molecule has 1 aliphatic carbocycles. The van der Waals surface area contributed by atoms with Gasteiger partial charge in [-0.05, 0) is 141 Å². The van der Waals surface area contributed by atoms with Crippen molar-refractivity contribution in [2.24, 2.45) is 0 Å². The molecule has 0 amide bonds. The summed E-state index contributed by atoms with van der Waals surface area (Å²) in [5, 5.41) is 5.69. The number of fused-ring (bicyclic) bond motifs is 6. The zero-order valence-electron chi connectivity index (χ0n) is 39.9. The average molecular weight is 922 g/mol. The second-order valence-corrected chi connectivity index (χ2v) is 23.4. The van der Waals surface area contributed by atoms with Crippen molar-refractivity contribution < 1.29 is 0 Å². The molecule has 2 aliphatic rings. The number of rotatable bonds is 9. The molecule has 336 valence electrons. The van der Waals surface area contributed by atoms with E-state index in [4.69, 9.17) is 0 Å². The lowest BCUT2D eigenvalue weighted by Gasteiger charge is -2.32. The van der Waals surface area contributed by atoms with Gasteiger partial charge in [-0.2, -0.15) is 0 Å². The molecule has 0 unspecified atom stereocenters. The van der Waals surface area contributed by atoms with E-state index < -0.39 is 8.07 Å². The van der Waals surface area contributed by atoms with Crippen molar-refractivity contribution in [2.45, 2.75) is 19.3 Å². The lowest BCUT2D eigenvalue weighted by Crippen LogP contribution is -2.72. The second kappa shape index (κ2) is 17.1. The van der Waals surface area contributed by atoms with Crippen LogP contribution in [0.5, 0.6) is 0 Å². The van der Waals surface area contributed by atoms with Crippen LogP contribution in [0.1, 0.15) is 25.0 Å². The van der Waals surface area contributed by atoms with Crippen molar-refractivity contribution in [3.05, 3.63) is 284 Å². The van der Waals surface area contributed by atoms with Crippen molar-refractivity contribution in [3.8, 4) is 66.8 Å². The molecule has 0 bridgehead atoms. The molecule has 0 spiro atoms. The maximum absolute atomic E-state index is 2.72. The van der Waals surface area contributed by atoms with E-state index in [0.717, 1.165) is 17.1 Å². The SMILES string of the molecule is CC1(C)c2ccccc2-c2ccc(N(c3cc(-c4ccccc4)cc(-c4ccccc4)c3)c3ccc(-c4cccc([Si]5(c6ccccc6)c6ccccc6-c6ccccc65)c4)c(-c4ccccc4)c3)cc21. The van der Waals surface area contributed by atoms with Gasteiger partial charge >= 0.3 is 0 Å². The van der Waals surface area contributed by atoms with Crippen LogP contribution >= 0.6 is 0 Å². The minimum Gasteiger partial charge on any atom is -0.310 e. The van der Waals surface area contributed by atoms with Gasteiger partial charge in [-0.1, -0.05) is 244 Å². The summed E-state index contributed by atoms with van der Waals surface area (Å²) in [6.07, 6.45) is 0. The smallest absolute Gasteiger partial charge is 0.180 e. The van der Waals surface area contributed by atoms with Crippen LogP contribution in [0.2, 0.25) is 0 Å². The number of benzene rings is 11. The molecule has 0 fully saturated rings. The van der Waals surface area contributed by atoms with Crippen LogP contribution < -0.4 is 25.6 Å². The zero-order valence-corrected chi connectivity index (χ0v) is 40.9. The molecule has 11 aromatic carbocycles. The first kappa shape index (κ1) is 42.5. The highest BCUT2D eigenvalue weighted by Gasteiger charge is 2.48. The van der Waals surface area contributed by atoms with Crippen LogP contribution in [0.3, 0.4) is 0 Å². The first-order valence-corrected chi connectivity index (χ1v) is 26.8. The summed E-state index contributed by atoms with van der Waals surface area (Å²) in [4.78, 5) is 2.49. The van der Waals surface area contributed by atoms with Gasteiger partial charge in [0.1, 0.15) is 0 Å². The van der Waals surface area contributed by atoms with Crippen molar-refractivity contribution in [2.75, 3.05) is 4.90 Å². The summed E-state index contributed by atoms with van der Waals surface area (Å²) in [6, 6.07) is 102. The third-order valence-electron chi connectivity index (χ3n) is 15.3. The predicted octanol–water partition coefficient (Wildman–Crippen LogP) is 15.5. The molecule has 11 aromatic rings. The molecule has 1 nitrogen and oxygen atoms in total. The van der Waals surface area contributed by atoms with Crippen LogP contribution in [0.4, 0.5) is 17.1 Å². The third kappa shape index (κ3) is 6.97. The van der Waals surface area contributed by atoms with Gasteiger partial charge in [0, 0.05) is 22.5 Å². The van der Waals surface area contributed by atoms with Gasteiger partial charge in [-0.25, -0.2) is 0 Å². The Kier molecular flexibility index (Phi) is 10.3. The van der Waals surface area contributed by atoms with Crippen LogP contribution in [0.25, 0.3) is 66.8 Å². The highest BCUT2D eigenvalue weighted by molar-refractivity contribution is 7.22. The summed E-state index contributed by atoms with van der Waals surface area (Å²) >= 11 is 0. The summed E-state index contributed by atoms with van der Waals surface area (Å²) in [5.74, 6) is 0. The molecular formula is C69H51NSi. The largest absolute Gasteiger partial charge is 0.310 e. The Morgan fingerprint density at radius 1 is 0.268 bits per heavy atom. The van der Waals surface area contributed by atoms with Gasteiger partial charge in [0.25, 0.3) is 0 Å². The van der Waals surface area contributed by atoms with Gasteiger partial charge in [0.05, 0.1) is 0 Å². The maximum Gasteiger partial charge on any atom is 0.180 e. The molecule has 71 heavy (non-hydrogen) atoms. The van der Waals surface area contributed by atoms with Gasteiger partial charge in [0.2, 0.25) is 0 Å². The molecule has 0 N–H and O–H groups in total. The van der Waals surface area contributed by atoms with Gasteiger partial charge in [-0.15, -0.1) is 0 Å². The zero-order chi connectivity index (χ0) is 47.5. The van der Waals surface area contributed by atoms with Crippen molar-refractivity contribution in [3.63, 3.8) is 0 Å². The number of hydrogen-bond donors (Lipinski definition) is 0. The fourth-order valence-electron chi connectivity index (χ4n) is 12.0. The lowest BCUT2D eigenvalue weighted by molar-refractivity contribution is 0.660. The topological polar surface area (TPSA) is 3.24 Å². The quantitative estimate of drug-likeness (QED) is 0.130. The number of hydrogen-bond acceptors (Lipinski definition) is 1. The highest BCUT2D eigenvalue weighted by atomic mass is 28.3. The van der Waals surface area contributed by atoms with Gasteiger partial charge in [-0.3, -0.25) is 0 Å². The monoisotopic (exact) mass is 921 g/mol. The Morgan fingerprint density at radius 3 is 1.35 bits per heavy atom. The standard InChI is InChI=1S/C69H51NSi/c1-69(2)65-35-18-15-32-60(65)61-41-39-55(47-66(61)69)70(56-43-52(48-22-7-3-8-23-48)42-53(44-56)49-24-9-4-10-25-49)54-38-40-59(64(46-54)50-26-11-5-12-27-50)51-28-21-31-58(45-51)71(57-29-13-6-14-30-57)67-36-19-16-33-62(67)63-34-17-20-37-68(63)71/h3-47H,1-2H3. The molecule has 13 rings (SSSR count). The van der Waals surface area contributed by atoms with E-state index in [-0.39, 0.29) is 5.41 Å². The van der Waals surface area contributed by atoms with Crippen LogP contribution in [0, 0.1) is 0 Å². The number of nitrogens with zero attached hydrogens (tertiary/aromatic N) is 1. The van der Waals surface area contributed by atoms with E-state index in [9.17, 15) is 0 Å². The predicted molar refractivity (Wildman–Crippen MR) is 303 cm³/mol. The fourth-order valence-corrected chi connectivity index (χ4v) is 17.2. The molecule has 1 aliphatic heterocycles. The Bertz CT molecular complexity index is 3680.